The molecule has 1 aromatic heterocycles. The number of para-hydroxylation sites is 1. The van der Waals surface area contributed by atoms with Gasteiger partial charge in [0.15, 0.2) is 11.5 Å². The van der Waals surface area contributed by atoms with Gasteiger partial charge in [-0.2, -0.15) is 0 Å². The maximum absolute atomic E-state index is 12.8. The van der Waals surface area contributed by atoms with E-state index in [1.807, 2.05) is 24.3 Å². The molecule has 1 amide bonds. The largest absolute Gasteiger partial charge is 0.486 e. The highest BCUT2D eigenvalue weighted by Gasteiger charge is 2.15. The normalized spacial score (nSPS) is 12.9. The van der Waals surface area contributed by atoms with Crippen molar-refractivity contribution >= 4 is 28.6 Å². The third kappa shape index (κ3) is 3.61. The van der Waals surface area contributed by atoms with E-state index in [1.54, 1.807) is 18.2 Å². The molecule has 0 bridgehead atoms. The molecular weight excluding hydrogens is 366 g/mol. The molecule has 8 heteroatoms. The number of rotatable bonds is 5. The molecule has 1 aliphatic rings. The Labute approximate surface area is 159 Å². The van der Waals surface area contributed by atoms with Gasteiger partial charge in [-0.05, 0) is 30.3 Å². The molecule has 0 saturated carbocycles. The average molecular weight is 383 g/mol. The molecule has 3 aromatic rings. The number of aromatic nitrogens is 2. The molecule has 1 aliphatic heterocycles. The number of hydrogen-bond acceptors (Lipinski definition) is 6. The zero-order valence-corrected chi connectivity index (χ0v) is 15.2. The number of fused-ring (bicyclic) bond motifs is 2. The molecule has 138 valence electrons. The number of benzene rings is 2. The predicted octanol–water partition coefficient (Wildman–Crippen LogP) is 1.95. The van der Waals surface area contributed by atoms with Gasteiger partial charge in [0.25, 0.3) is 5.56 Å². The molecule has 0 fully saturated rings. The Kier molecular flexibility index (Phi) is 4.72. The monoisotopic (exact) mass is 383 g/mol. The van der Waals surface area contributed by atoms with E-state index in [4.69, 9.17) is 15.2 Å². The van der Waals surface area contributed by atoms with Gasteiger partial charge in [-0.25, -0.2) is 4.98 Å². The van der Waals surface area contributed by atoms with Crippen molar-refractivity contribution < 1.29 is 14.3 Å². The lowest BCUT2D eigenvalue weighted by Gasteiger charge is -2.18. The number of hydrogen-bond donors (Lipinski definition) is 1. The number of amides is 1. The fourth-order valence-electron chi connectivity index (χ4n) is 2.90. The highest BCUT2D eigenvalue weighted by Crippen LogP contribution is 2.35. The highest BCUT2D eigenvalue weighted by atomic mass is 32.2. The lowest BCUT2D eigenvalue weighted by atomic mass is 10.2. The summed E-state index contributed by atoms with van der Waals surface area (Å²) in [6.07, 6.45) is 0. The summed E-state index contributed by atoms with van der Waals surface area (Å²) in [4.78, 5) is 29.7. The van der Waals surface area contributed by atoms with Crippen molar-refractivity contribution in [3.05, 3.63) is 58.6 Å². The van der Waals surface area contributed by atoms with E-state index in [0.717, 1.165) is 10.6 Å². The minimum Gasteiger partial charge on any atom is -0.486 e. The van der Waals surface area contributed by atoms with E-state index < -0.39 is 5.91 Å². The first-order chi connectivity index (χ1) is 13.1. The van der Waals surface area contributed by atoms with Crippen molar-refractivity contribution in [1.82, 2.24) is 9.55 Å². The number of carbonyl (C=O) groups is 1. The van der Waals surface area contributed by atoms with Crippen LogP contribution in [0.15, 0.2) is 52.2 Å². The number of carbonyl (C=O) groups excluding carboxylic acids is 1. The predicted molar refractivity (Wildman–Crippen MR) is 102 cm³/mol. The smallest absolute Gasteiger partial charge is 0.261 e. The van der Waals surface area contributed by atoms with Gasteiger partial charge in [0, 0.05) is 4.90 Å². The van der Waals surface area contributed by atoms with Crippen LogP contribution in [0.4, 0.5) is 0 Å². The van der Waals surface area contributed by atoms with Crippen LogP contribution in [0.1, 0.15) is 5.82 Å². The first-order valence-electron chi connectivity index (χ1n) is 8.41. The number of ether oxygens (including phenoxy) is 2. The average Bonchev–Trinajstić information content (AvgIpc) is 2.68. The highest BCUT2D eigenvalue weighted by molar-refractivity contribution is 7.98. The molecule has 0 spiro atoms. The number of nitrogens with two attached hydrogens (primary N) is 1. The van der Waals surface area contributed by atoms with Crippen LogP contribution in [0.25, 0.3) is 10.9 Å². The molecule has 0 saturated heterocycles. The summed E-state index contributed by atoms with van der Waals surface area (Å²) in [5.41, 5.74) is 5.66. The van der Waals surface area contributed by atoms with Crippen molar-refractivity contribution in [3.63, 3.8) is 0 Å². The van der Waals surface area contributed by atoms with Gasteiger partial charge < -0.3 is 15.2 Å². The van der Waals surface area contributed by atoms with Crippen molar-refractivity contribution in [2.45, 2.75) is 17.2 Å². The zero-order valence-electron chi connectivity index (χ0n) is 14.4. The summed E-state index contributed by atoms with van der Waals surface area (Å²) >= 11 is 1.49. The standard InChI is InChI=1S/C19H17N3O4S/c20-17(23)10-22-18(21-14-4-2-1-3-13(14)19(22)24)11-27-12-5-6-15-16(9-12)26-8-7-25-15/h1-6,9H,7-8,10-11H2,(H2,20,23). The van der Waals surface area contributed by atoms with Crippen molar-refractivity contribution in [2.75, 3.05) is 13.2 Å². The Balaban J connectivity index is 1.66. The fraction of sp³-hybridized carbons (Fsp3) is 0.211. The first-order valence-corrected chi connectivity index (χ1v) is 9.39. The van der Waals surface area contributed by atoms with Crippen molar-refractivity contribution in [3.8, 4) is 11.5 Å². The van der Waals surface area contributed by atoms with E-state index >= 15 is 0 Å². The van der Waals surface area contributed by atoms with Crippen LogP contribution in [0.2, 0.25) is 0 Å². The van der Waals surface area contributed by atoms with E-state index in [0.29, 0.717) is 41.4 Å². The summed E-state index contributed by atoms with van der Waals surface area (Å²) in [6, 6.07) is 12.8. The first kappa shape index (κ1) is 17.4. The molecule has 2 N–H and O–H groups in total. The zero-order chi connectivity index (χ0) is 18.8. The van der Waals surface area contributed by atoms with Crippen LogP contribution in [-0.4, -0.2) is 28.7 Å². The van der Waals surface area contributed by atoms with Crippen LogP contribution in [0.5, 0.6) is 11.5 Å². The second-order valence-corrected chi connectivity index (χ2v) is 7.05. The Hall–Kier alpha value is -3.00. The molecule has 4 rings (SSSR count). The van der Waals surface area contributed by atoms with Gasteiger partial charge >= 0.3 is 0 Å². The summed E-state index contributed by atoms with van der Waals surface area (Å²) in [5, 5.41) is 0.465. The van der Waals surface area contributed by atoms with E-state index in [-0.39, 0.29) is 12.1 Å². The molecule has 0 radical (unpaired) electrons. The maximum atomic E-state index is 12.8. The second kappa shape index (κ2) is 7.32. The van der Waals surface area contributed by atoms with Gasteiger partial charge in [-0.15, -0.1) is 11.8 Å². The molecule has 0 unspecified atom stereocenters. The number of primary amides is 1. The van der Waals surface area contributed by atoms with Gasteiger partial charge in [0.05, 0.1) is 16.7 Å². The minimum atomic E-state index is -0.584. The molecular formula is C19H17N3O4S. The van der Waals surface area contributed by atoms with Gasteiger partial charge in [-0.1, -0.05) is 12.1 Å². The Morgan fingerprint density at radius 2 is 1.93 bits per heavy atom. The number of nitrogens with zero attached hydrogens (tertiary/aromatic N) is 2. The van der Waals surface area contributed by atoms with Crippen LogP contribution in [0, 0.1) is 0 Å². The van der Waals surface area contributed by atoms with Gasteiger partial charge in [0.2, 0.25) is 5.91 Å². The molecule has 2 heterocycles. The van der Waals surface area contributed by atoms with E-state index in [2.05, 4.69) is 4.98 Å². The van der Waals surface area contributed by atoms with E-state index in [9.17, 15) is 9.59 Å². The quantitative estimate of drug-likeness (QED) is 0.677. The fourth-order valence-corrected chi connectivity index (χ4v) is 3.78. The molecule has 2 aromatic carbocycles. The molecule has 7 nitrogen and oxygen atoms in total. The summed E-state index contributed by atoms with van der Waals surface area (Å²) in [5.74, 6) is 1.75. The lowest BCUT2D eigenvalue weighted by Crippen LogP contribution is -2.31. The number of thioether (sulfide) groups is 1. The topological polar surface area (TPSA) is 96.4 Å². The lowest BCUT2D eigenvalue weighted by molar-refractivity contribution is -0.118. The summed E-state index contributed by atoms with van der Waals surface area (Å²) in [6.45, 7) is 0.860. The van der Waals surface area contributed by atoms with Gasteiger partial charge in [0.1, 0.15) is 25.6 Å². The molecule has 27 heavy (non-hydrogen) atoms. The van der Waals surface area contributed by atoms with Crippen LogP contribution >= 0.6 is 11.8 Å². The van der Waals surface area contributed by atoms with Gasteiger partial charge in [-0.3, -0.25) is 14.2 Å². The molecule has 0 aliphatic carbocycles. The van der Waals surface area contributed by atoms with Crippen molar-refractivity contribution in [1.29, 1.82) is 0 Å². The minimum absolute atomic E-state index is 0.201. The Bertz CT molecular complexity index is 1080. The van der Waals surface area contributed by atoms with Crippen molar-refractivity contribution in [2.24, 2.45) is 5.73 Å². The third-order valence-electron chi connectivity index (χ3n) is 4.14. The third-order valence-corrected chi connectivity index (χ3v) is 5.13. The van der Waals surface area contributed by atoms with Crippen LogP contribution in [0.3, 0.4) is 0 Å². The summed E-state index contributed by atoms with van der Waals surface area (Å²) in [7, 11) is 0. The van der Waals surface area contributed by atoms with E-state index in [1.165, 1.54) is 16.3 Å². The SMILES string of the molecule is NC(=O)Cn1c(CSc2ccc3c(c2)OCCO3)nc2ccccc2c1=O. The Morgan fingerprint density at radius 3 is 2.74 bits per heavy atom. The second-order valence-electron chi connectivity index (χ2n) is 6.00. The Morgan fingerprint density at radius 1 is 1.15 bits per heavy atom. The molecule has 0 atom stereocenters. The van der Waals surface area contributed by atoms with Crippen LogP contribution in [-0.2, 0) is 17.1 Å². The van der Waals surface area contributed by atoms with Crippen LogP contribution < -0.4 is 20.8 Å². The maximum Gasteiger partial charge on any atom is 0.261 e. The summed E-state index contributed by atoms with van der Waals surface area (Å²) < 4.78 is 12.5.